The van der Waals surface area contributed by atoms with Crippen molar-refractivity contribution in [1.29, 1.82) is 0 Å². The van der Waals surface area contributed by atoms with Crippen LogP contribution in [-0.4, -0.2) is 25.2 Å². The molecule has 7 heteroatoms. The Morgan fingerprint density at radius 3 is 2.58 bits per heavy atom. The first-order chi connectivity index (χ1) is 11.5. The molecule has 0 radical (unpaired) electrons. The highest BCUT2D eigenvalue weighted by molar-refractivity contribution is 6.35. The highest BCUT2D eigenvalue weighted by atomic mass is 35.5. The summed E-state index contributed by atoms with van der Waals surface area (Å²) in [7, 11) is 0. The highest BCUT2D eigenvalue weighted by Gasteiger charge is 2.15. The van der Waals surface area contributed by atoms with E-state index < -0.39 is 6.10 Å². The van der Waals surface area contributed by atoms with Crippen molar-refractivity contribution in [2.45, 2.75) is 13.0 Å². The molecular weight excluding hydrogens is 356 g/mol. The van der Waals surface area contributed by atoms with Crippen LogP contribution in [0.25, 0.3) is 0 Å². The molecule has 0 aliphatic heterocycles. The molecule has 0 heterocycles. The number of nitrogens with one attached hydrogen (secondary N) is 1. The van der Waals surface area contributed by atoms with Crippen molar-refractivity contribution in [2.75, 3.05) is 13.2 Å². The van der Waals surface area contributed by atoms with Gasteiger partial charge in [-0.25, -0.2) is 4.39 Å². The van der Waals surface area contributed by atoms with Crippen LogP contribution in [0.5, 0.6) is 11.5 Å². The van der Waals surface area contributed by atoms with Gasteiger partial charge in [0.05, 0.1) is 11.6 Å². The van der Waals surface area contributed by atoms with Crippen LogP contribution in [0.15, 0.2) is 42.5 Å². The van der Waals surface area contributed by atoms with Crippen LogP contribution in [0.3, 0.4) is 0 Å². The second kappa shape index (κ2) is 8.76. The minimum atomic E-state index is -0.727. The lowest BCUT2D eigenvalue weighted by atomic mass is 10.3. The zero-order chi connectivity index (χ0) is 17.5. The highest BCUT2D eigenvalue weighted by Crippen LogP contribution is 2.28. The summed E-state index contributed by atoms with van der Waals surface area (Å²) in [5.74, 6) is 0.278. The molecule has 2 rings (SSSR count). The Labute approximate surface area is 149 Å². The van der Waals surface area contributed by atoms with E-state index in [-0.39, 0.29) is 24.9 Å². The van der Waals surface area contributed by atoms with Gasteiger partial charge in [-0.15, -0.1) is 0 Å². The summed E-state index contributed by atoms with van der Waals surface area (Å²) in [4.78, 5) is 12.0. The lowest BCUT2D eigenvalue weighted by molar-refractivity contribution is -0.127. The molecule has 2 aromatic carbocycles. The molecule has 0 aliphatic carbocycles. The van der Waals surface area contributed by atoms with E-state index in [1.165, 1.54) is 24.3 Å². The molecule has 0 spiro atoms. The van der Waals surface area contributed by atoms with Gasteiger partial charge in [-0.1, -0.05) is 23.2 Å². The zero-order valence-electron chi connectivity index (χ0n) is 12.9. The van der Waals surface area contributed by atoms with Gasteiger partial charge >= 0.3 is 0 Å². The molecular formula is C17H16Cl2FNO3. The third kappa shape index (κ3) is 5.58. The van der Waals surface area contributed by atoms with Crippen LogP contribution in [0, 0.1) is 5.82 Å². The summed E-state index contributed by atoms with van der Waals surface area (Å²) < 4.78 is 23.6. The van der Waals surface area contributed by atoms with Gasteiger partial charge in [0, 0.05) is 5.02 Å². The van der Waals surface area contributed by atoms with E-state index in [2.05, 4.69) is 5.32 Å². The van der Waals surface area contributed by atoms with Gasteiger partial charge in [0.25, 0.3) is 5.91 Å². The Kier molecular flexibility index (Phi) is 6.70. The van der Waals surface area contributed by atoms with Gasteiger partial charge in [-0.3, -0.25) is 4.79 Å². The fourth-order valence-corrected chi connectivity index (χ4v) is 2.29. The molecule has 4 nitrogen and oxygen atoms in total. The van der Waals surface area contributed by atoms with E-state index in [9.17, 15) is 9.18 Å². The zero-order valence-corrected chi connectivity index (χ0v) is 14.4. The van der Waals surface area contributed by atoms with Gasteiger partial charge in [-0.05, 0) is 49.4 Å². The van der Waals surface area contributed by atoms with Crippen molar-refractivity contribution < 1.29 is 18.7 Å². The van der Waals surface area contributed by atoms with E-state index in [1.54, 1.807) is 25.1 Å². The molecule has 0 saturated carbocycles. The van der Waals surface area contributed by atoms with Gasteiger partial charge in [0.2, 0.25) is 0 Å². The summed E-state index contributed by atoms with van der Waals surface area (Å²) >= 11 is 11.8. The number of hydrogen-bond donors (Lipinski definition) is 1. The third-order valence-electron chi connectivity index (χ3n) is 3.05. The number of carbonyl (C=O) groups excluding carboxylic acids is 1. The first-order valence-electron chi connectivity index (χ1n) is 7.23. The first kappa shape index (κ1) is 18.4. The molecule has 1 atom stereocenters. The van der Waals surface area contributed by atoms with Crippen LogP contribution >= 0.6 is 23.2 Å². The average molecular weight is 372 g/mol. The Hall–Kier alpha value is -1.98. The van der Waals surface area contributed by atoms with Crippen LogP contribution < -0.4 is 14.8 Å². The fraction of sp³-hybridized carbons (Fsp3) is 0.235. The van der Waals surface area contributed by atoms with Crippen molar-refractivity contribution in [3.05, 3.63) is 58.3 Å². The Morgan fingerprint density at radius 1 is 1.21 bits per heavy atom. The number of ether oxygens (including phenoxy) is 2. The molecule has 0 unspecified atom stereocenters. The van der Waals surface area contributed by atoms with Crippen LogP contribution in [0.4, 0.5) is 4.39 Å². The summed E-state index contributed by atoms with van der Waals surface area (Å²) in [6.45, 7) is 2.16. The van der Waals surface area contributed by atoms with Crippen molar-refractivity contribution >= 4 is 29.1 Å². The predicted molar refractivity (Wildman–Crippen MR) is 91.5 cm³/mol. The quantitative estimate of drug-likeness (QED) is 0.745. The second-order valence-corrected chi connectivity index (χ2v) is 5.77. The second-order valence-electron chi connectivity index (χ2n) is 4.93. The van der Waals surface area contributed by atoms with Crippen molar-refractivity contribution in [1.82, 2.24) is 5.32 Å². The Balaban J connectivity index is 1.74. The largest absolute Gasteiger partial charge is 0.492 e. The fourth-order valence-electron chi connectivity index (χ4n) is 1.83. The maximum Gasteiger partial charge on any atom is 0.260 e. The lowest BCUT2D eigenvalue weighted by Crippen LogP contribution is -2.38. The number of carbonyl (C=O) groups is 1. The normalized spacial score (nSPS) is 11.7. The number of hydrogen-bond acceptors (Lipinski definition) is 3. The molecule has 128 valence electrons. The number of amides is 1. The SMILES string of the molecule is C[C@@H](Oc1ccc(Cl)cc1Cl)C(=O)NCCOc1ccc(F)cc1. The Morgan fingerprint density at radius 2 is 1.92 bits per heavy atom. The molecule has 2 aromatic rings. The smallest absolute Gasteiger partial charge is 0.260 e. The van der Waals surface area contributed by atoms with E-state index in [1.807, 2.05) is 0 Å². The van der Waals surface area contributed by atoms with Crippen LogP contribution in [-0.2, 0) is 4.79 Å². The van der Waals surface area contributed by atoms with Crippen LogP contribution in [0.1, 0.15) is 6.92 Å². The predicted octanol–water partition coefficient (Wildman–Crippen LogP) is 4.10. The molecule has 1 amide bonds. The van der Waals surface area contributed by atoms with Gasteiger partial charge in [-0.2, -0.15) is 0 Å². The average Bonchev–Trinajstić information content (AvgIpc) is 2.55. The topological polar surface area (TPSA) is 47.6 Å². The van der Waals surface area contributed by atoms with Crippen molar-refractivity contribution in [3.63, 3.8) is 0 Å². The lowest BCUT2D eigenvalue weighted by Gasteiger charge is -2.16. The summed E-state index contributed by atoms with van der Waals surface area (Å²) in [6, 6.07) is 10.4. The van der Waals surface area contributed by atoms with E-state index in [0.29, 0.717) is 21.5 Å². The molecule has 0 aromatic heterocycles. The van der Waals surface area contributed by atoms with E-state index in [4.69, 9.17) is 32.7 Å². The first-order valence-corrected chi connectivity index (χ1v) is 7.99. The summed E-state index contributed by atoms with van der Waals surface area (Å²) in [6.07, 6.45) is -0.727. The molecule has 24 heavy (non-hydrogen) atoms. The number of halogens is 3. The van der Waals surface area contributed by atoms with Crippen molar-refractivity contribution in [3.8, 4) is 11.5 Å². The third-order valence-corrected chi connectivity index (χ3v) is 3.58. The Bertz CT molecular complexity index is 695. The van der Waals surface area contributed by atoms with Crippen LogP contribution in [0.2, 0.25) is 10.0 Å². The monoisotopic (exact) mass is 371 g/mol. The summed E-state index contributed by atoms with van der Waals surface area (Å²) in [5, 5.41) is 3.51. The molecule has 0 fully saturated rings. The van der Waals surface area contributed by atoms with Gasteiger partial charge in [0.15, 0.2) is 6.10 Å². The van der Waals surface area contributed by atoms with Gasteiger partial charge < -0.3 is 14.8 Å². The minimum absolute atomic E-state index is 0.256. The molecule has 0 saturated heterocycles. The number of rotatable bonds is 7. The molecule has 1 N–H and O–H groups in total. The van der Waals surface area contributed by atoms with E-state index >= 15 is 0 Å². The maximum absolute atomic E-state index is 12.8. The molecule has 0 bridgehead atoms. The summed E-state index contributed by atoms with van der Waals surface area (Å²) in [5.41, 5.74) is 0. The van der Waals surface area contributed by atoms with Crippen molar-refractivity contribution in [2.24, 2.45) is 0 Å². The van der Waals surface area contributed by atoms with Gasteiger partial charge in [0.1, 0.15) is 23.9 Å². The van der Waals surface area contributed by atoms with E-state index in [0.717, 1.165) is 0 Å². The minimum Gasteiger partial charge on any atom is -0.492 e. The number of benzene rings is 2. The standard InChI is InChI=1S/C17H16Cl2FNO3/c1-11(24-16-7-2-12(18)10-15(16)19)17(22)21-8-9-23-14-5-3-13(20)4-6-14/h2-7,10-11H,8-9H2,1H3,(H,21,22)/t11-/m1/s1. The molecule has 0 aliphatic rings. The maximum atomic E-state index is 12.8.